The standard InChI is InChI=1S/C18H27NO3/c1-12-8-4-5-9-14(12)19-16(20)15-13(2)17(21)22-18(15)10-6-3-7-11-18/h12,14H,3-11H2,1-2H3,(H,19,20)/t12-,14+/m1/s1. The van der Waals surface area contributed by atoms with E-state index in [1.807, 2.05) is 0 Å². The zero-order valence-electron chi connectivity index (χ0n) is 13.7. The van der Waals surface area contributed by atoms with Crippen LogP contribution in [-0.4, -0.2) is 23.5 Å². The molecule has 122 valence electrons. The second-order valence-electron chi connectivity index (χ2n) is 7.29. The van der Waals surface area contributed by atoms with Crippen molar-refractivity contribution >= 4 is 11.9 Å². The number of carbonyl (C=O) groups excluding carboxylic acids is 2. The van der Waals surface area contributed by atoms with Gasteiger partial charge in [-0.1, -0.05) is 26.2 Å². The second-order valence-corrected chi connectivity index (χ2v) is 7.29. The maximum absolute atomic E-state index is 12.9. The van der Waals surface area contributed by atoms with E-state index in [9.17, 15) is 9.59 Å². The first-order chi connectivity index (χ1) is 10.5. The molecule has 3 rings (SSSR count). The predicted octanol–water partition coefficient (Wildman–Crippen LogP) is 3.26. The molecule has 4 heteroatoms. The molecule has 0 aromatic heterocycles. The average molecular weight is 305 g/mol. The molecule has 1 spiro atoms. The van der Waals surface area contributed by atoms with Crippen LogP contribution >= 0.6 is 0 Å². The van der Waals surface area contributed by atoms with Crippen LogP contribution in [0.2, 0.25) is 0 Å². The van der Waals surface area contributed by atoms with Crippen molar-refractivity contribution in [1.29, 1.82) is 0 Å². The quantitative estimate of drug-likeness (QED) is 0.797. The number of hydrogen-bond acceptors (Lipinski definition) is 3. The number of carbonyl (C=O) groups is 2. The van der Waals surface area contributed by atoms with Crippen molar-refractivity contribution in [3.8, 4) is 0 Å². The van der Waals surface area contributed by atoms with E-state index in [-0.39, 0.29) is 17.9 Å². The zero-order chi connectivity index (χ0) is 15.7. The van der Waals surface area contributed by atoms with E-state index in [0.717, 1.165) is 38.5 Å². The van der Waals surface area contributed by atoms with Gasteiger partial charge in [-0.15, -0.1) is 0 Å². The highest BCUT2D eigenvalue weighted by molar-refractivity contribution is 6.07. The van der Waals surface area contributed by atoms with Gasteiger partial charge in [0.05, 0.1) is 5.57 Å². The Kier molecular flexibility index (Phi) is 4.28. The van der Waals surface area contributed by atoms with E-state index in [1.54, 1.807) is 6.92 Å². The predicted molar refractivity (Wildman–Crippen MR) is 84.2 cm³/mol. The first-order valence-corrected chi connectivity index (χ1v) is 8.79. The molecule has 0 aromatic carbocycles. The summed E-state index contributed by atoms with van der Waals surface area (Å²) < 4.78 is 5.68. The van der Waals surface area contributed by atoms with E-state index in [0.29, 0.717) is 17.1 Å². The Labute approximate surface area is 132 Å². The fraction of sp³-hybridized carbons (Fsp3) is 0.778. The third kappa shape index (κ3) is 2.68. The van der Waals surface area contributed by atoms with Gasteiger partial charge >= 0.3 is 5.97 Å². The molecule has 0 bridgehead atoms. The van der Waals surface area contributed by atoms with Gasteiger partial charge in [0.2, 0.25) is 0 Å². The summed E-state index contributed by atoms with van der Waals surface area (Å²) in [5, 5.41) is 3.20. The van der Waals surface area contributed by atoms with Crippen molar-refractivity contribution in [2.45, 2.75) is 83.3 Å². The molecule has 0 unspecified atom stereocenters. The lowest BCUT2D eigenvalue weighted by Crippen LogP contribution is -2.46. The Balaban J connectivity index is 1.80. The Morgan fingerprint density at radius 3 is 2.50 bits per heavy atom. The molecule has 3 aliphatic rings. The van der Waals surface area contributed by atoms with E-state index in [1.165, 1.54) is 19.3 Å². The number of amides is 1. The first-order valence-electron chi connectivity index (χ1n) is 8.79. The van der Waals surface area contributed by atoms with Crippen molar-refractivity contribution in [2.75, 3.05) is 0 Å². The van der Waals surface area contributed by atoms with Crippen molar-refractivity contribution in [3.63, 3.8) is 0 Å². The third-order valence-corrected chi connectivity index (χ3v) is 5.74. The lowest BCUT2D eigenvalue weighted by molar-refractivity contribution is -0.149. The van der Waals surface area contributed by atoms with Gasteiger partial charge in [0, 0.05) is 11.6 Å². The number of esters is 1. The highest BCUT2D eigenvalue weighted by Crippen LogP contribution is 2.44. The van der Waals surface area contributed by atoms with Gasteiger partial charge < -0.3 is 10.1 Å². The maximum Gasteiger partial charge on any atom is 0.335 e. The van der Waals surface area contributed by atoms with Gasteiger partial charge in [-0.3, -0.25) is 4.79 Å². The summed E-state index contributed by atoms with van der Waals surface area (Å²) in [4.78, 5) is 24.9. The molecule has 22 heavy (non-hydrogen) atoms. The van der Waals surface area contributed by atoms with Crippen LogP contribution in [0.5, 0.6) is 0 Å². The van der Waals surface area contributed by atoms with Gasteiger partial charge in [0.25, 0.3) is 5.91 Å². The Morgan fingerprint density at radius 2 is 1.82 bits per heavy atom. The summed E-state index contributed by atoms with van der Waals surface area (Å²) >= 11 is 0. The smallest absolute Gasteiger partial charge is 0.335 e. The SMILES string of the molecule is CC1=C(C(=O)N[C@H]2CCCC[C@H]2C)C2(CCCCC2)OC1=O. The van der Waals surface area contributed by atoms with Crippen LogP contribution in [0.4, 0.5) is 0 Å². The molecule has 1 aliphatic heterocycles. The molecule has 0 aromatic rings. The van der Waals surface area contributed by atoms with E-state index >= 15 is 0 Å². The Hall–Kier alpha value is -1.32. The van der Waals surface area contributed by atoms with Crippen LogP contribution in [0.25, 0.3) is 0 Å². The van der Waals surface area contributed by atoms with Crippen LogP contribution in [0.3, 0.4) is 0 Å². The molecule has 1 amide bonds. The fourth-order valence-corrected chi connectivity index (χ4v) is 4.37. The van der Waals surface area contributed by atoms with Gasteiger partial charge in [0.15, 0.2) is 0 Å². The Morgan fingerprint density at radius 1 is 1.14 bits per heavy atom. The molecule has 2 atom stereocenters. The molecule has 1 heterocycles. The van der Waals surface area contributed by atoms with E-state index < -0.39 is 5.60 Å². The fourth-order valence-electron chi connectivity index (χ4n) is 4.37. The third-order valence-electron chi connectivity index (χ3n) is 5.74. The van der Waals surface area contributed by atoms with E-state index in [2.05, 4.69) is 12.2 Å². The van der Waals surface area contributed by atoms with Crippen molar-refractivity contribution < 1.29 is 14.3 Å². The molecule has 2 aliphatic carbocycles. The van der Waals surface area contributed by atoms with Crippen LogP contribution in [0.1, 0.15) is 71.6 Å². The van der Waals surface area contributed by atoms with Crippen LogP contribution in [0, 0.1) is 5.92 Å². The number of rotatable bonds is 2. The normalized spacial score (nSPS) is 31.3. The summed E-state index contributed by atoms with van der Waals surface area (Å²) in [5.41, 5.74) is 0.499. The molecule has 4 nitrogen and oxygen atoms in total. The molecule has 0 radical (unpaired) electrons. The van der Waals surface area contributed by atoms with Crippen LogP contribution in [-0.2, 0) is 14.3 Å². The van der Waals surface area contributed by atoms with Crippen molar-refractivity contribution in [1.82, 2.24) is 5.32 Å². The summed E-state index contributed by atoms with van der Waals surface area (Å²) in [5.74, 6) is 0.145. The molecular formula is C18H27NO3. The molecule has 2 saturated carbocycles. The van der Waals surface area contributed by atoms with Gasteiger partial charge in [-0.2, -0.15) is 0 Å². The largest absolute Gasteiger partial charge is 0.451 e. The summed E-state index contributed by atoms with van der Waals surface area (Å²) in [6, 6.07) is 0.234. The minimum atomic E-state index is -0.637. The topological polar surface area (TPSA) is 55.4 Å². The number of nitrogens with one attached hydrogen (secondary N) is 1. The van der Waals surface area contributed by atoms with Gasteiger partial charge in [-0.25, -0.2) is 4.79 Å². The highest BCUT2D eigenvalue weighted by atomic mass is 16.6. The minimum Gasteiger partial charge on any atom is -0.451 e. The van der Waals surface area contributed by atoms with Gasteiger partial charge in [0.1, 0.15) is 5.60 Å². The second kappa shape index (κ2) is 6.05. The van der Waals surface area contributed by atoms with Gasteiger partial charge in [-0.05, 0) is 51.4 Å². The number of hydrogen-bond donors (Lipinski definition) is 1. The summed E-state index contributed by atoms with van der Waals surface area (Å²) in [6.07, 6.45) is 9.43. The summed E-state index contributed by atoms with van der Waals surface area (Å²) in [6.45, 7) is 3.95. The van der Waals surface area contributed by atoms with Crippen LogP contribution in [0.15, 0.2) is 11.1 Å². The zero-order valence-corrected chi connectivity index (χ0v) is 13.7. The molecular weight excluding hydrogens is 278 g/mol. The Bertz CT molecular complexity index is 502. The number of ether oxygens (including phenoxy) is 1. The molecule has 1 N–H and O–H groups in total. The van der Waals surface area contributed by atoms with Crippen molar-refractivity contribution in [2.24, 2.45) is 5.92 Å². The maximum atomic E-state index is 12.9. The summed E-state index contributed by atoms with van der Waals surface area (Å²) in [7, 11) is 0. The average Bonchev–Trinajstić information content (AvgIpc) is 2.73. The lowest BCUT2D eigenvalue weighted by atomic mass is 9.78. The lowest BCUT2D eigenvalue weighted by Gasteiger charge is -2.35. The highest BCUT2D eigenvalue weighted by Gasteiger charge is 2.49. The van der Waals surface area contributed by atoms with Crippen molar-refractivity contribution in [3.05, 3.63) is 11.1 Å². The van der Waals surface area contributed by atoms with Crippen LogP contribution < -0.4 is 5.32 Å². The van der Waals surface area contributed by atoms with E-state index in [4.69, 9.17) is 4.74 Å². The first kappa shape index (κ1) is 15.6. The molecule has 0 saturated heterocycles. The molecule has 2 fully saturated rings. The minimum absolute atomic E-state index is 0.0657. The monoisotopic (exact) mass is 305 g/mol.